The molecule has 2 saturated carbocycles. The van der Waals surface area contributed by atoms with Crippen LogP contribution in [0.4, 0.5) is 0 Å². The number of rotatable bonds is 11. The van der Waals surface area contributed by atoms with Crippen molar-refractivity contribution in [1.82, 2.24) is 0 Å². The summed E-state index contributed by atoms with van der Waals surface area (Å²) in [6.07, 6.45) is 9.13. The van der Waals surface area contributed by atoms with Crippen LogP contribution in [0.1, 0.15) is 98.8 Å². The van der Waals surface area contributed by atoms with E-state index in [0.29, 0.717) is 12.0 Å². The number of hydrogen-bond donors (Lipinski definition) is 0. The Morgan fingerprint density at radius 3 is 2.00 bits per heavy atom. The quantitative estimate of drug-likeness (QED) is 0.316. The van der Waals surface area contributed by atoms with Crippen LogP contribution in [0, 0.1) is 17.3 Å². The number of hydrogen-bond acceptors (Lipinski definition) is 6. The molecule has 31 heavy (non-hydrogen) atoms. The van der Waals surface area contributed by atoms with Crippen molar-refractivity contribution < 1.29 is 28.5 Å². The summed E-state index contributed by atoms with van der Waals surface area (Å²) < 4.78 is 22.8. The average molecular weight is 441 g/mol. The van der Waals surface area contributed by atoms with Gasteiger partial charge in [-0.3, -0.25) is 9.59 Å². The number of ether oxygens (including phenoxy) is 4. The van der Waals surface area contributed by atoms with Crippen molar-refractivity contribution in [3.8, 4) is 0 Å². The Hall–Kier alpha value is -1.14. The van der Waals surface area contributed by atoms with Gasteiger partial charge in [-0.15, -0.1) is 0 Å². The first-order valence-electron chi connectivity index (χ1n) is 12.4. The maximum Gasteiger partial charge on any atom is 0.313 e. The van der Waals surface area contributed by atoms with Crippen LogP contribution in [0.15, 0.2) is 0 Å². The molecule has 0 amide bonds. The average Bonchev–Trinajstić information content (AvgIpc) is 2.78. The molecule has 0 N–H and O–H groups in total. The molecule has 6 heteroatoms. The minimum Gasteiger partial charge on any atom is -0.462 e. The fourth-order valence-electron chi connectivity index (χ4n) is 3.98. The molecule has 1 atom stereocenters. The molecule has 0 heterocycles. The van der Waals surface area contributed by atoms with E-state index in [2.05, 4.69) is 13.8 Å². The Kier molecular flexibility index (Phi) is 10.8. The van der Waals surface area contributed by atoms with E-state index in [1.807, 2.05) is 20.8 Å². The van der Waals surface area contributed by atoms with Gasteiger partial charge < -0.3 is 18.9 Å². The largest absolute Gasteiger partial charge is 0.462 e. The summed E-state index contributed by atoms with van der Waals surface area (Å²) in [5.41, 5.74) is -0.482. The third-order valence-electron chi connectivity index (χ3n) is 7.16. The van der Waals surface area contributed by atoms with E-state index in [0.717, 1.165) is 70.8 Å². The van der Waals surface area contributed by atoms with E-state index in [9.17, 15) is 9.59 Å². The predicted molar refractivity (Wildman–Crippen MR) is 119 cm³/mol. The second-order valence-electron chi connectivity index (χ2n) is 10.1. The SMILES string of the molecule is CCC(C)COC1CCC(OC(=O)C2CCC(OCOC(=O)C(C)(C)CC)CC2)CC1. The molecule has 1 unspecified atom stereocenters. The van der Waals surface area contributed by atoms with Crippen molar-refractivity contribution in [2.75, 3.05) is 13.4 Å². The Morgan fingerprint density at radius 1 is 0.871 bits per heavy atom. The fraction of sp³-hybridized carbons (Fsp3) is 0.920. The highest BCUT2D eigenvalue weighted by Crippen LogP contribution is 2.30. The van der Waals surface area contributed by atoms with E-state index in [1.165, 1.54) is 0 Å². The molecular formula is C25H44O6. The summed E-state index contributed by atoms with van der Waals surface area (Å²) in [7, 11) is 0. The predicted octanol–water partition coefficient (Wildman–Crippen LogP) is 5.42. The summed E-state index contributed by atoms with van der Waals surface area (Å²) in [5.74, 6) is 0.275. The Labute approximate surface area is 188 Å². The molecule has 2 aliphatic carbocycles. The third-order valence-corrected chi connectivity index (χ3v) is 7.16. The normalized spacial score (nSPS) is 28.0. The van der Waals surface area contributed by atoms with Gasteiger partial charge in [0.15, 0.2) is 6.79 Å². The molecule has 2 fully saturated rings. The molecule has 2 rings (SSSR count). The van der Waals surface area contributed by atoms with Crippen molar-refractivity contribution in [3.05, 3.63) is 0 Å². The lowest BCUT2D eigenvalue weighted by Crippen LogP contribution is -2.33. The molecule has 0 saturated heterocycles. The monoisotopic (exact) mass is 440 g/mol. The molecule has 2 aliphatic rings. The van der Waals surface area contributed by atoms with Gasteiger partial charge >= 0.3 is 11.9 Å². The summed E-state index contributed by atoms with van der Waals surface area (Å²) in [4.78, 5) is 24.6. The molecule has 0 aromatic heterocycles. The summed E-state index contributed by atoms with van der Waals surface area (Å²) in [6, 6.07) is 0. The van der Waals surface area contributed by atoms with E-state index in [1.54, 1.807) is 0 Å². The van der Waals surface area contributed by atoms with E-state index >= 15 is 0 Å². The zero-order chi connectivity index (χ0) is 22.9. The molecule has 0 aliphatic heterocycles. The van der Waals surface area contributed by atoms with Crippen LogP contribution >= 0.6 is 0 Å². The second-order valence-corrected chi connectivity index (χ2v) is 10.1. The minimum absolute atomic E-state index is 0.00953. The van der Waals surface area contributed by atoms with Crippen molar-refractivity contribution in [2.45, 2.75) is 117 Å². The molecule has 0 bridgehead atoms. The molecule has 0 aromatic rings. The van der Waals surface area contributed by atoms with Gasteiger partial charge in [-0.05, 0) is 77.6 Å². The Morgan fingerprint density at radius 2 is 1.42 bits per heavy atom. The highest BCUT2D eigenvalue weighted by atomic mass is 16.7. The first-order valence-corrected chi connectivity index (χ1v) is 12.4. The number of esters is 2. The lowest BCUT2D eigenvalue weighted by molar-refractivity contribution is -0.173. The molecule has 180 valence electrons. The van der Waals surface area contributed by atoms with Gasteiger partial charge in [0.05, 0.1) is 23.5 Å². The van der Waals surface area contributed by atoms with Gasteiger partial charge in [0, 0.05) is 6.61 Å². The first-order chi connectivity index (χ1) is 14.7. The van der Waals surface area contributed by atoms with Crippen LogP contribution < -0.4 is 0 Å². The lowest BCUT2D eigenvalue weighted by Gasteiger charge is -2.32. The van der Waals surface area contributed by atoms with Crippen LogP contribution in [-0.2, 0) is 28.5 Å². The summed E-state index contributed by atoms with van der Waals surface area (Å²) in [6.45, 7) is 10.9. The molecule has 0 aromatic carbocycles. The zero-order valence-electron chi connectivity index (χ0n) is 20.3. The van der Waals surface area contributed by atoms with Crippen LogP contribution in [0.5, 0.6) is 0 Å². The highest BCUT2D eigenvalue weighted by molar-refractivity contribution is 5.75. The van der Waals surface area contributed by atoms with Crippen molar-refractivity contribution in [2.24, 2.45) is 17.3 Å². The van der Waals surface area contributed by atoms with E-state index in [-0.39, 0.29) is 36.9 Å². The minimum atomic E-state index is -0.482. The van der Waals surface area contributed by atoms with Crippen LogP contribution in [-0.4, -0.2) is 43.7 Å². The second kappa shape index (κ2) is 12.8. The van der Waals surface area contributed by atoms with Gasteiger partial charge in [0.1, 0.15) is 6.10 Å². The summed E-state index contributed by atoms with van der Waals surface area (Å²) in [5, 5.41) is 0. The van der Waals surface area contributed by atoms with Crippen molar-refractivity contribution in [3.63, 3.8) is 0 Å². The fourth-order valence-corrected chi connectivity index (χ4v) is 3.98. The molecule has 0 radical (unpaired) electrons. The van der Waals surface area contributed by atoms with Crippen LogP contribution in [0.3, 0.4) is 0 Å². The topological polar surface area (TPSA) is 71.1 Å². The zero-order valence-corrected chi connectivity index (χ0v) is 20.3. The molecule has 6 nitrogen and oxygen atoms in total. The highest BCUT2D eigenvalue weighted by Gasteiger charge is 2.32. The Balaban J connectivity index is 1.59. The smallest absolute Gasteiger partial charge is 0.313 e. The number of carbonyl (C=O) groups excluding carboxylic acids is 2. The molecule has 0 spiro atoms. The van der Waals surface area contributed by atoms with Crippen molar-refractivity contribution >= 4 is 11.9 Å². The van der Waals surface area contributed by atoms with E-state index in [4.69, 9.17) is 18.9 Å². The molecular weight excluding hydrogens is 396 g/mol. The van der Waals surface area contributed by atoms with E-state index < -0.39 is 5.41 Å². The number of carbonyl (C=O) groups is 2. The first kappa shape index (κ1) is 26.1. The maximum atomic E-state index is 12.6. The van der Waals surface area contributed by atoms with Gasteiger partial charge in [0.25, 0.3) is 0 Å². The standard InChI is InChI=1S/C25H44O6/c1-6-18(3)16-28-20-12-14-22(15-13-20)31-23(26)19-8-10-21(11-9-19)29-17-30-24(27)25(4,5)7-2/h18-22H,6-17H2,1-5H3. The van der Waals surface area contributed by atoms with Crippen molar-refractivity contribution in [1.29, 1.82) is 0 Å². The van der Waals surface area contributed by atoms with Crippen LogP contribution in [0.25, 0.3) is 0 Å². The van der Waals surface area contributed by atoms with Gasteiger partial charge in [0.2, 0.25) is 0 Å². The van der Waals surface area contributed by atoms with Gasteiger partial charge in [-0.1, -0.05) is 27.2 Å². The van der Waals surface area contributed by atoms with Crippen LogP contribution in [0.2, 0.25) is 0 Å². The van der Waals surface area contributed by atoms with Gasteiger partial charge in [-0.2, -0.15) is 0 Å². The maximum absolute atomic E-state index is 12.6. The lowest BCUT2D eigenvalue weighted by atomic mass is 9.87. The third kappa shape index (κ3) is 8.72. The summed E-state index contributed by atoms with van der Waals surface area (Å²) >= 11 is 0. The Bertz CT molecular complexity index is 544. The van der Waals surface area contributed by atoms with Gasteiger partial charge in [-0.25, -0.2) is 0 Å².